The van der Waals surface area contributed by atoms with Crippen LogP contribution in [0, 0.1) is 11.8 Å². The van der Waals surface area contributed by atoms with Crippen molar-refractivity contribution in [2.24, 2.45) is 11.8 Å². The van der Waals surface area contributed by atoms with Crippen molar-refractivity contribution in [1.82, 2.24) is 4.90 Å². The third-order valence-electron chi connectivity index (χ3n) is 4.79. The summed E-state index contributed by atoms with van der Waals surface area (Å²) in [5, 5.41) is 0. The highest BCUT2D eigenvalue weighted by atomic mass is 16.1. The molecule has 0 spiro atoms. The average molecular weight is 243 g/mol. The number of likely N-dealkylation sites (N-methyl/N-ethyl adjacent to an activating group) is 1. The van der Waals surface area contributed by atoms with Crippen molar-refractivity contribution >= 4 is 5.78 Å². The number of ketones is 1. The maximum Gasteiger partial charge on any atom is 0.137 e. The Morgan fingerprint density at radius 3 is 2.44 bits per heavy atom. The van der Waals surface area contributed by atoms with Crippen molar-refractivity contribution in [1.29, 1.82) is 0 Å². The second kappa shape index (κ2) is 4.51. The maximum absolute atomic E-state index is 12.1. The van der Waals surface area contributed by atoms with Crippen LogP contribution in [0.5, 0.6) is 0 Å². The minimum absolute atomic E-state index is 0.259. The van der Waals surface area contributed by atoms with Crippen molar-refractivity contribution in [3.05, 3.63) is 35.9 Å². The first-order valence-corrected chi connectivity index (χ1v) is 6.92. The molecule has 96 valence electrons. The van der Waals surface area contributed by atoms with E-state index in [-0.39, 0.29) is 5.92 Å². The van der Waals surface area contributed by atoms with E-state index in [1.807, 2.05) is 0 Å². The molecule has 18 heavy (non-hydrogen) atoms. The molecule has 0 aliphatic heterocycles. The summed E-state index contributed by atoms with van der Waals surface area (Å²) in [6.45, 7) is 0. The summed E-state index contributed by atoms with van der Waals surface area (Å²) in [6.07, 6.45) is 3.12. The molecular weight excluding hydrogens is 222 g/mol. The lowest BCUT2D eigenvalue weighted by Crippen LogP contribution is -2.53. The number of nitrogens with zero attached hydrogens (tertiary/aromatic N) is 1. The second-order valence-corrected chi connectivity index (χ2v) is 6.01. The zero-order chi connectivity index (χ0) is 12.7. The van der Waals surface area contributed by atoms with E-state index in [9.17, 15) is 4.79 Å². The van der Waals surface area contributed by atoms with Crippen LogP contribution in [0.2, 0.25) is 0 Å². The molecule has 0 amide bonds. The van der Waals surface area contributed by atoms with Crippen LogP contribution in [0.25, 0.3) is 0 Å². The summed E-state index contributed by atoms with van der Waals surface area (Å²) in [5.41, 5.74) is 1.42. The Labute approximate surface area is 109 Å². The molecule has 1 aromatic carbocycles. The predicted molar refractivity (Wildman–Crippen MR) is 72.5 cm³/mol. The van der Waals surface area contributed by atoms with E-state index in [1.165, 1.54) is 12.0 Å². The van der Waals surface area contributed by atoms with E-state index in [4.69, 9.17) is 0 Å². The summed E-state index contributed by atoms with van der Waals surface area (Å²) >= 11 is 0. The first kappa shape index (κ1) is 11.9. The van der Waals surface area contributed by atoms with Gasteiger partial charge < -0.3 is 4.90 Å². The first-order chi connectivity index (χ1) is 8.68. The number of hydrogen-bond acceptors (Lipinski definition) is 2. The van der Waals surface area contributed by atoms with E-state index in [0.717, 1.165) is 12.8 Å². The van der Waals surface area contributed by atoms with Crippen LogP contribution < -0.4 is 0 Å². The molecule has 4 rings (SSSR count). The number of rotatable bonds is 2. The van der Waals surface area contributed by atoms with Gasteiger partial charge in [-0.1, -0.05) is 30.3 Å². The van der Waals surface area contributed by atoms with Crippen LogP contribution in [-0.2, 0) is 4.79 Å². The molecule has 2 heteroatoms. The number of Topliss-reactive ketones (excluding diaryl/α,β-unsaturated/α-hetero) is 1. The highest BCUT2D eigenvalue weighted by molar-refractivity contribution is 5.84. The Morgan fingerprint density at radius 2 is 1.83 bits per heavy atom. The lowest BCUT2D eigenvalue weighted by atomic mass is 9.59. The minimum Gasteiger partial charge on any atom is -0.305 e. The fourth-order valence-electron chi connectivity index (χ4n) is 4.09. The summed E-state index contributed by atoms with van der Waals surface area (Å²) < 4.78 is 0. The van der Waals surface area contributed by atoms with Crippen molar-refractivity contribution in [3.8, 4) is 0 Å². The van der Waals surface area contributed by atoms with Crippen molar-refractivity contribution < 1.29 is 4.79 Å². The fourth-order valence-corrected chi connectivity index (χ4v) is 4.09. The van der Waals surface area contributed by atoms with E-state index < -0.39 is 0 Å². The molecule has 3 fully saturated rings. The van der Waals surface area contributed by atoms with E-state index in [0.29, 0.717) is 23.7 Å². The minimum atomic E-state index is 0.259. The van der Waals surface area contributed by atoms with Crippen LogP contribution in [0.3, 0.4) is 0 Å². The molecule has 4 atom stereocenters. The number of fused-ring (bicyclic) bond motifs is 3. The first-order valence-electron chi connectivity index (χ1n) is 6.92. The smallest absolute Gasteiger partial charge is 0.137 e. The highest BCUT2D eigenvalue weighted by Gasteiger charge is 2.49. The SMILES string of the molecule is CN(C)C1C2CCC(CC2=O)C1c1ccccc1. The zero-order valence-corrected chi connectivity index (χ0v) is 11.2. The van der Waals surface area contributed by atoms with Gasteiger partial charge in [-0.05, 0) is 38.4 Å². The normalized spacial score (nSPS) is 35.2. The summed E-state index contributed by atoms with van der Waals surface area (Å²) in [4.78, 5) is 14.4. The molecule has 0 saturated heterocycles. The Balaban J connectivity index is 1.99. The van der Waals surface area contributed by atoms with E-state index in [2.05, 4.69) is 49.3 Å². The molecule has 2 bridgehead atoms. The molecule has 0 N–H and O–H groups in total. The van der Waals surface area contributed by atoms with Gasteiger partial charge in [0.15, 0.2) is 0 Å². The lowest BCUT2D eigenvalue weighted by Gasteiger charge is -2.50. The molecular formula is C16H21NO. The van der Waals surface area contributed by atoms with Gasteiger partial charge in [-0.2, -0.15) is 0 Å². The molecule has 3 aliphatic rings. The molecule has 1 aromatic rings. The van der Waals surface area contributed by atoms with Gasteiger partial charge >= 0.3 is 0 Å². The van der Waals surface area contributed by atoms with Crippen LogP contribution in [-0.4, -0.2) is 30.8 Å². The Bertz CT molecular complexity index is 440. The molecule has 3 aliphatic carbocycles. The summed E-state index contributed by atoms with van der Waals surface area (Å²) in [7, 11) is 4.24. The largest absolute Gasteiger partial charge is 0.305 e. The van der Waals surface area contributed by atoms with Gasteiger partial charge in [-0.3, -0.25) is 4.79 Å². The molecule has 0 heterocycles. The second-order valence-electron chi connectivity index (χ2n) is 6.01. The van der Waals surface area contributed by atoms with Gasteiger partial charge in [0.2, 0.25) is 0 Å². The Kier molecular flexibility index (Phi) is 2.98. The van der Waals surface area contributed by atoms with Gasteiger partial charge in [-0.25, -0.2) is 0 Å². The third kappa shape index (κ3) is 1.79. The van der Waals surface area contributed by atoms with Crippen molar-refractivity contribution in [2.45, 2.75) is 31.2 Å². The molecule has 4 unspecified atom stereocenters. The van der Waals surface area contributed by atoms with Crippen LogP contribution >= 0.6 is 0 Å². The Morgan fingerprint density at radius 1 is 1.11 bits per heavy atom. The number of carbonyl (C=O) groups is 1. The molecule has 0 radical (unpaired) electrons. The summed E-state index contributed by atoms with van der Waals surface area (Å²) in [5.74, 6) is 1.85. The monoisotopic (exact) mass is 243 g/mol. The van der Waals surface area contributed by atoms with Crippen LogP contribution in [0.15, 0.2) is 30.3 Å². The van der Waals surface area contributed by atoms with Gasteiger partial charge in [0.05, 0.1) is 0 Å². The molecule has 0 aromatic heterocycles. The van der Waals surface area contributed by atoms with Gasteiger partial charge in [0, 0.05) is 24.3 Å². The molecule has 3 saturated carbocycles. The topological polar surface area (TPSA) is 20.3 Å². The highest BCUT2D eigenvalue weighted by Crippen LogP contribution is 2.49. The van der Waals surface area contributed by atoms with Crippen LogP contribution in [0.1, 0.15) is 30.7 Å². The third-order valence-corrected chi connectivity index (χ3v) is 4.79. The Hall–Kier alpha value is -1.15. The van der Waals surface area contributed by atoms with E-state index in [1.54, 1.807) is 0 Å². The maximum atomic E-state index is 12.1. The zero-order valence-electron chi connectivity index (χ0n) is 11.2. The summed E-state index contributed by atoms with van der Waals surface area (Å²) in [6, 6.07) is 11.2. The van der Waals surface area contributed by atoms with Crippen molar-refractivity contribution in [3.63, 3.8) is 0 Å². The number of hydrogen-bond donors (Lipinski definition) is 0. The predicted octanol–water partition coefficient (Wildman–Crippen LogP) is 2.70. The van der Waals surface area contributed by atoms with Gasteiger partial charge in [0.25, 0.3) is 0 Å². The number of benzene rings is 1. The van der Waals surface area contributed by atoms with Crippen molar-refractivity contribution in [2.75, 3.05) is 14.1 Å². The van der Waals surface area contributed by atoms with E-state index >= 15 is 0 Å². The van der Waals surface area contributed by atoms with Crippen LogP contribution in [0.4, 0.5) is 0 Å². The van der Waals surface area contributed by atoms with Gasteiger partial charge in [-0.15, -0.1) is 0 Å². The van der Waals surface area contributed by atoms with Gasteiger partial charge in [0.1, 0.15) is 5.78 Å². The quantitative estimate of drug-likeness (QED) is 0.796. The average Bonchev–Trinajstić information content (AvgIpc) is 2.39. The number of carbonyl (C=O) groups excluding carboxylic acids is 1. The standard InChI is InChI=1S/C16H21NO/c1-17(2)16-13-9-8-12(10-14(13)18)15(16)11-6-4-3-5-7-11/h3-7,12-13,15-16H,8-10H2,1-2H3. The lowest BCUT2D eigenvalue weighted by molar-refractivity contribution is -0.134. The molecule has 2 nitrogen and oxygen atoms in total. The fraction of sp³-hybridized carbons (Fsp3) is 0.562.